The van der Waals surface area contributed by atoms with Crippen LogP contribution in [0.1, 0.15) is 6.42 Å². The second-order valence-electron chi connectivity index (χ2n) is 4.58. The molecule has 0 radical (unpaired) electrons. The Labute approximate surface area is 98.9 Å². The minimum Gasteiger partial charge on any atom is -0.481 e. The van der Waals surface area contributed by atoms with Crippen molar-refractivity contribution in [1.82, 2.24) is 4.98 Å². The van der Waals surface area contributed by atoms with Crippen molar-refractivity contribution in [2.24, 2.45) is 5.92 Å². The zero-order valence-electron chi connectivity index (χ0n) is 9.55. The fourth-order valence-electron chi connectivity index (χ4n) is 2.40. The summed E-state index contributed by atoms with van der Waals surface area (Å²) in [5.74, 6) is -0.907. The van der Waals surface area contributed by atoms with Crippen molar-refractivity contribution in [2.45, 2.75) is 12.5 Å². The lowest BCUT2D eigenvalue weighted by Gasteiger charge is -2.17. The van der Waals surface area contributed by atoms with E-state index in [0.29, 0.717) is 0 Å². The van der Waals surface area contributed by atoms with Crippen molar-refractivity contribution in [3.63, 3.8) is 0 Å². The fourth-order valence-corrected chi connectivity index (χ4v) is 2.40. The van der Waals surface area contributed by atoms with E-state index in [9.17, 15) is 4.79 Å². The molecule has 1 saturated carbocycles. The second kappa shape index (κ2) is 3.52. The number of nitrogens with one attached hydrogen (secondary N) is 1. The van der Waals surface area contributed by atoms with Gasteiger partial charge >= 0.3 is 5.97 Å². The molecular weight excluding hydrogens is 216 g/mol. The number of hydrogen-bond acceptors (Lipinski definition) is 2. The average Bonchev–Trinajstić information content (AvgIpc) is 3.02. The Balaban J connectivity index is 1.92. The highest BCUT2D eigenvalue weighted by molar-refractivity contribution is 5.93. The molecule has 4 heteroatoms. The predicted molar refractivity (Wildman–Crippen MR) is 66.2 cm³/mol. The summed E-state index contributed by atoms with van der Waals surface area (Å²) < 4.78 is 0. The molecule has 0 spiro atoms. The van der Waals surface area contributed by atoms with Crippen LogP contribution in [0.4, 0.5) is 5.69 Å². The van der Waals surface area contributed by atoms with Gasteiger partial charge in [-0.15, -0.1) is 0 Å². The van der Waals surface area contributed by atoms with E-state index in [4.69, 9.17) is 5.11 Å². The maximum Gasteiger partial charge on any atom is 0.308 e. The average molecular weight is 230 g/mol. The highest BCUT2D eigenvalue weighted by atomic mass is 16.4. The van der Waals surface area contributed by atoms with Gasteiger partial charge < -0.3 is 15.0 Å². The van der Waals surface area contributed by atoms with Gasteiger partial charge in [-0.25, -0.2) is 0 Å². The number of aliphatic carboxylic acids is 1. The number of para-hydroxylation sites is 1. The molecule has 0 bridgehead atoms. The zero-order chi connectivity index (χ0) is 12.0. The van der Waals surface area contributed by atoms with Gasteiger partial charge in [0.2, 0.25) is 0 Å². The van der Waals surface area contributed by atoms with Crippen LogP contribution in [0.2, 0.25) is 0 Å². The molecule has 17 heavy (non-hydrogen) atoms. The third kappa shape index (κ3) is 1.56. The van der Waals surface area contributed by atoms with Gasteiger partial charge in [-0.1, -0.05) is 18.2 Å². The van der Waals surface area contributed by atoms with E-state index < -0.39 is 5.97 Å². The maximum atomic E-state index is 10.9. The number of H-pyrrole nitrogens is 1. The number of carboxylic acid groups (broad SMARTS) is 1. The lowest BCUT2D eigenvalue weighted by Crippen LogP contribution is -2.23. The molecule has 1 aliphatic rings. The third-order valence-corrected chi connectivity index (χ3v) is 3.52. The van der Waals surface area contributed by atoms with Gasteiger partial charge in [-0.2, -0.15) is 0 Å². The lowest BCUT2D eigenvalue weighted by molar-refractivity contribution is -0.138. The van der Waals surface area contributed by atoms with Gasteiger partial charge in [0.1, 0.15) is 0 Å². The van der Waals surface area contributed by atoms with Crippen molar-refractivity contribution in [3.05, 3.63) is 30.5 Å². The smallest absolute Gasteiger partial charge is 0.308 e. The number of fused-ring (bicyclic) bond motifs is 1. The Morgan fingerprint density at radius 1 is 1.47 bits per heavy atom. The third-order valence-electron chi connectivity index (χ3n) is 3.52. The second-order valence-corrected chi connectivity index (χ2v) is 4.58. The van der Waals surface area contributed by atoms with Crippen LogP contribution in [0, 0.1) is 5.92 Å². The Hall–Kier alpha value is -1.97. The summed E-state index contributed by atoms with van der Waals surface area (Å²) in [5, 5.41) is 10.1. The molecule has 1 aliphatic carbocycles. The normalized spacial score (nSPS) is 22.6. The molecule has 0 amide bonds. The van der Waals surface area contributed by atoms with Crippen LogP contribution in [-0.4, -0.2) is 29.1 Å². The van der Waals surface area contributed by atoms with Gasteiger partial charge in [-0.05, 0) is 12.5 Å². The minimum absolute atomic E-state index is 0.131. The number of hydrogen-bond donors (Lipinski definition) is 2. The van der Waals surface area contributed by atoms with E-state index in [1.165, 1.54) is 0 Å². The number of anilines is 1. The lowest BCUT2D eigenvalue weighted by atomic mass is 10.2. The highest BCUT2D eigenvalue weighted by Crippen LogP contribution is 2.39. The summed E-state index contributed by atoms with van der Waals surface area (Å²) in [7, 11) is 1.96. The predicted octanol–water partition coefficient (Wildman–Crippen LogP) is 2.08. The van der Waals surface area contributed by atoms with E-state index in [1.807, 2.05) is 31.4 Å². The molecule has 2 atom stereocenters. The van der Waals surface area contributed by atoms with Crippen molar-refractivity contribution in [1.29, 1.82) is 0 Å². The van der Waals surface area contributed by atoms with Crippen molar-refractivity contribution >= 4 is 22.6 Å². The number of aromatic nitrogens is 1. The molecular formula is C13H14N2O2. The standard InChI is InChI=1S/C13H14N2O2/c1-15(11-6-9(11)13(16)17)12-7-14-10-5-3-2-4-8(10)12/h2-5,7,9,11,14H,6H2,1H3,(H,16,17). The van der Waals surface area contributed by atoms with E-state index in [-0.39, 0.29) is 12.0 Å². The molecule has 1 aromatic carbocycles. The first-order chi connectivity index (χ1) is 8.18. The highest BCUT2D eigenvalue weighted by Gasteiger charge is 2.46. The monoisotopic (exact) mass is 230 g/mol. The van der Waals surface area contributed by atoms with Crippen LogP contribution in [0.25, 0.3) is 10.9 Å². The van der Waals surface area contributed by atoms with Gasteiger partial charge in [0.05, 0.1) is 11.6 Å². The summed E-state index contributed by atoms with van der Waals surface area (Å²) in [5.41, 5.74) is 2.16. The molecule has 0 saturated heterocycles. The number of benzene rings is 1. The summed E-state index contributed by atoms with van der Waals surface area (Å²) in [4.78, 5) is 16.1. The van der Waals surface area contributed by atoms with Crippen molar-refractivity contribution in [3.8, 4) is 0 Å². The quantitative estimate of drug-likeness (QED) is 0.848. The maximum absolute atomic E-state index is 10.9. The zero-order valence-corrected chi connectivity index (χ0v) is 9.55. The van der Waals surface area contributed by atoms with Crippen LogP contribution >= 0.6 is 0 Å². The van der Waals surface area contributed by atoms with Gasteiger partial charge in [0.25, 0.3) is 0 Å². The SMILES string of the molecule is CN(c1c[nH]c2ccccc12)C1CC1C(=O)O. The Kier molecular flexibility index (Phi) is 2.11. The van der Waals surface area contributed by atoms with E-state index >= 15 is 0 Å². The van der Waals surface area contributed by atoms with E-state index in [2.05, 4.69) is 16.0 Å². The van der Waals surface area contributed by atoms with Crippen LogP contribution in [0.3, 0.4) is 0 Å². The van der Waals surface area contributed by atoms with Crippen molar-refractivity contribution in [2.75, 3.05) is 11.9 Å². The van der Waals surface area contributed by atoms with Gasteiger partial charge in [0.15, 0.2) is 0 Å². The molecule has 88 valence electrons. The topological polar surface area (TPSA) is 56.3 Å². The molecule has 3 rings (SSSR count). The molecule has 1 fully saturated rings. The molecule has 2 unspecified atom stereocenters. The summed E-state index contributed by atoms with van der Waals surface area (Å²) >= 11 is 0. The molecule has 2 aromatic rings. The van der Waals surface area contributed by atoms with E-state index in [0.717, 1.165) is 23.0 Å². The van der Waals surface area contributed by atoms with Crippen LogP contribution in [0.5, 0.6) is 0 Å². The first kappa shape index (κ1) is 10.2. The molecule has 2 N–H and O–H groups in total. The summed E-state index contributed by atoms with van der Waals surface area (Å²) in [6.07, 6.45) is 2.69. The van der Waals surface area contributed by atoms with Crippen LogP contribution < -0.4 is 4.90 Å². The molecule has 0 aliphatic heterocycles. The number of carbonyl (C=O) groups is 1. The Morgan fingerprint density at radius 2 is 2.24 bits per heavy atom. The number of carboxylic acids is 1. The minimum atomic E-state index is -0.693. The van der Waals surface area contributed by atoms with Crippen molar-refractivity contribution < 1.29 is 9.90 Å². The Bertz CT molecular complexity index is 576. The molecule has 4 nitrogen and oxygen atoms in total. The Morgan fingerprint density at radius 3 is 2.94 bits per heavy atom. The number of aromatic amines is 1. The number of nitrogens with zero attached hydrogens (tertiary/aromatic N) is 1. The number of rotatable bonds is 3. The molecule has 1 aromatic heterocycles. The molecule has 1 heterocycles. The first-order valence-electron chi connectivity index (χ1n) is 5.70. The van der Waals surface area contributed by atoms with Crippen LogP contribution in [0.15, 0.2) is 30.5 Å². The van der Waals surface area contributed by atoms with Crippen LogP contribution in [-0.2, 0) is 4.79 Å². The van der Waals surface area contributed by atoms with Gasteiger partial charge in [-0.3, -0.25) is 4.79 Å². The van der Waals surface area contributed by atoms with Gasteiger partial charge in [0, 0.05) is 30.2 Å². The largest absolute Gasteiger partial charge is 0.481 e. The fraction of sp³-hybridized carbons (Fsp3) is 0.308. The summed E-state index contributed by atoms with van der Waals surface area (Å²) in [6.45, 7) is 0. The first-order valence-corrected chi connectivity index (χ1v) is 5.70. The summed E-state index contributed by atoms with van der Waals surface area (Å²) in [6, 6.07) is 8.19. The van der Waals surface area contributed by atoms with E-state index in [1.54, 1.807) is 0 Å².